The van der Waals surface area contributed by atoms with Crippen molar-refractivity contribution in [3.05, 3.63) is 54.7 Å². The molecule has 0 unspecified atom stereocenters. The molecule has 0 aliphatic rings. The van der Waals surface area contributed by atoms with Crippen molar-refractivity contribution in [1.82, 2.24) is 4.98 Å². The van der Waals surface area contributed by atoms with Crippen LogP contribution in [0.15, 0.2) is 54.7 Å². The van der Waals surface area contributed by atoms with Crippen LogP contribution in [0.25, 0.3) is 10.9 Å². The zero-order valence-electron chi connectivity index (χ0n) is 14.8. The van der Waals surface area contributed by atoms with Gasteiger partial charge in [-0.15, -0.1) is 0 Å². The molecule has 1 amide bonds. The second-order valence-corrected chi connectivity index (χ2v) is 5.67. The van der Waals surface area contributed by atoms with E-state index in [1.54, 1.807) is 20.4 Å². The van der Waals surface area contributed by atoms with E-state index in [-0.39, 0.29) is 5.91 Å². The molecule has 1 heterocycles. The van der Waals surface area contributed by atoms with Crippen LogP contribution in [0.5, 0.6) is 11.5 Å². The fourth-order valence-electron chi connectivity index (χ4n) is 2.68. The highest BCUT2D eigenvalue weighted by molar-refractivity contribution is 6.00. The Hall–Kier alpha value is -3.28. The lowest BCUT2D eigenvalue weighted by atomic mass is 10.2. The molecular formula is C20H21N3O3. The summed E-state index contributed by atoms with van der Waals surface area (Å²) in [4.78, 5) is 16.6. The van der Waals surface area contributed by atoms with E-state index in [0.717, 1.165) is 22.3 Å². The standard InChI is InChI=1S/C20H21N3O3/c1-25-15-8-9-18(26-2)17(13-15)21-12-10-19(24)23-16-7-3-5-14-6-4-11-22-20(14)16/h3-9,11,13,21H,10,12H2,1-2H3,(H,23,24). The van der Waals surface area contributed by atoms with Gasteiger partial charge in [0.2, 0.25) is 5.91 Å². The molecule has 0 saturated heterocycles. The molecule has 0 fully saturated rings. The average molecular weight is 351 g/mol. The van der Waals surface area contributed by atoms with Gasteiger partial charge in [-0.05, 0) is 24.3 Å². The van der Waals surface area contributed by atoms with Crippen molar-refractivity contribution >= 4 is 28.2 Å². The summed E-state index contributed by atoms with van der Waals surface area (Å²) in [5.74, 6) is 1.33. The largest absolute Gasteiger partial charge is 0.497 e. The first kappa shape index (κ1) is 17.5. The van der Waals surface area contributed by atoms with Gasteiger partial charge >= 0.3 is 0 Å². The van der Waals surface area contributed by atoms with Crippen molar-refractivity contribution in [3.63, 3.8) is 0 Å². The molecule has 3 rings (SSSR count). The zero-order valence-corrected chi connectivity index (χ0v) is 14.8. The van der Waals surface area contributed by atoms with Gasteiger partial charge in [-0.25, -0.2) is 0 Å². The number of aromatic nitrogens is 1. The molecular weight excluding hydrogens is 330 g/mol. The molecule has 0 aliphatic carbocycles. The molecule has 2 aromatic carbocycles. The Morgan fingerprint density at radius 2 is 1.88 bits per heavy atom. The summed E-state index contributed by atoms with van der Waals surface area (Å²) in [6.07, 6.45) is 2.03. The highest BCUT2D eigenvalue weighted by atomic mass is 16.5. The van der Waals surface area contributed by atoms with Crippen LogP contribution in [0, 0.1) is 0 Å². The number of pyridine rings is 1. The van der Waals surface area contributed by atoms with E-state index in [1.165, 1.54) is 0 Å². The van der Waals surface area contributed by atoms with E-state index < -0.39 is 0 Å². The summed E-state index contributed by atoms with van der Waals surface area (Å²) in [6, 6.07) is 15.0. The first-order valence-corrected chi connectivity index (χ1v) is 8.31. The average Bonchev–Trinajstić information content (AvgIpc) is 2.68. The Kier molecular flexibility index (Phi) is 5.53. The van der Waals surface area contributed by atoms with Crippen LogP contribution in [-0.4, -0.2) is 31.7 Å². The Balaban J connectivity index is 1.61. The van der Waals surface area contributed by atoms with Crippen LogP contribution >= 0.6 is 0 Å². The summed E-state index contributed by atoms with van der Waals surface area (Å²) in [5, 5.41) is 7.13. The molecule has 0 atom stereocenters. The number of carbonyl (C=O) groups excluding carboxylic acids is 1. The van der Waals surface area contributed by atoms with Crippen LogP contribution in [0.1, 0.15) is 6.42 Å². The monoisotopic (exact) mass is 351 g/mol. The quantitative estimate of drug-likeness (QED) is 0.679. The highest BCUT2D eigenvalue weighted by Gasteiger charge is 2.08. The fraction of sp³-hybridized carbons (Fsp3) is 0.200. The van der Waals surface area contributed by atoms with Crippen molar-refractivity contribution in [2.24, 2.45) is 0 Å². The number of hydrogen-bond acceptors (Lipinski definition) is 5. The molecule has 134 valence electrons. The molecule has 0 radical (unpaired) electrons. The van der Waals surface area contributed by atoms with E-state index in [0.29, 0.717) is 24.4 Å². The van der Waals surface area contributed by atoms with Gasteiger partial charge in [-0.2, -0.15) is 0 Å². The molecule has 2 N–H and O–H groups in total. The van der Waals surface area contributed by atoms with Gasteiger partial charge in [-0.3, -0.25) is 9.78 Å². The second kappa shape index (κ2) is 8.20. The van der Waals surface area contributed by atoms with Gasteiger partial charge in [0.25, 0.3) is 0 Å². The Bertz CT molecular complexity index is 906. The molecule has 6 heteroatoms. The smallest absolute Gasteiger partial charge is 0.226 e. The van der Waals surface area contributed by atoms with Crippen LogP contribution in [-0.2, 0) is 4.79 Å². The fourth-order valence-corrected chi connectivity index (χ4v) is 2.68. The first-order valence-electron chi connectivity index (χ1n) is 8.31. The van der Waals surface area contributed by atoms with Gasteiger partial charge < -0.3 is 20.1 Å². The Labute approximate surface area is 152 Å². The third kappa shape index (κ3) is 4.03. The molecule has 0 bridgehead atoms. The number of para-hydroxylation sites is 1. The number of methoxy groups -OCH3 is 2. The number of fused-ring (bicyclic) bond motifs is 1. The molecule has 6 nitrogen and oxygen atoms in total. The van der Waals surface area contributed by atoms with Crippen LogP contribution in [0.2, 0.25) is 0 Å². The van der Waals surface area contributed by atoms with Crippen LogP contribution < -0.4 is 20.1 Å². The minimum absolute atomic E-state index is 0.0856. The normalized spacial score (nSPS) is 10.4. The summed E-state index contributed by atoms with van der Waals surface area (Å²) >= 11 is 0. The van der Waals surface area contributed by atoms with Gasteiger partial charge in [0.05, 0.1) is 31.1 Å². The predicted octanol–water partition coefficient (Wildman–Crippen LogP) is 3.69. The lowest BCUT2D eigenvalue weighted by molar-refractivity contribution is -0.115. The first-order chi connectivity index (χ1) is 12.7. The van der Waals surface area contributed by atoms with E-state index in [9.17, 15) is 4.79 Å². The van der Waals surface area contributed by atoms with E-state index in [1.807, 2.05) is 48.5 Å². The number of ether oxygens (including phenoxy) is 2. The highest BCUT2D eigenvalue weighted by Crippen LogP contribution is 2.28. The second-order valence-electron chi connectivity index (χ2n) is 5.67. The molecule has 0 spiro atoms. The van der Waals surface area contributed by atoms with E-state index >= 15 is 0 Å². The lowest BCUT2D eigenvalue weighted by Crippen LogP contribution is -2.16. The van der Waals surface area contributed by atoms with Crippen LogP contribution in [0.3, 0.4) is 0 Å². The molecule has 3 aromatic rings. The third-order valence-corrected chi connectivity index (χ3v) is 3.98. The number of nitrogens with zero attached hydrogens (tertiary/aromatic N) is 1. The van der Waals surface area contributed by atoms with Gasteiger partial charge in [-0.1, -0.05) is 18.2 Å². The summed E-state index contributed by atoms with van der Waals surface area (Å²) < 4.78 is 10.5. The van der Waals surface area contributed by atoms with Crippen LogP contribution in [0.4, 0.5) is 11.4 Å². The van der Waals surface area contributed by atoms with E-state index in [4.69, 9.17) is 9.47 Å². The topological polar surface area (TPSA) is 72.5 Å². The summed E-state index contributed by atoms with van der Waals surface area (Å²) in [6.45, 7) is 0.466. The number of hydrogen-bond donors (Lipinski definition) is 2. The Morgan fingerprint density at radius 3 is 2.69 bits per heavy atom. The minimum Gasteiger partial charge on any atom is -0.497 e. The van der Waals surface area contributed by atoms with Crippen molar-refractivity contribution in [2.45, 2.75) is 6.42 Å². The molecule has 0 saturated carbocycles. The zero-order chi connectivity index (χ0) is 18.4. The van der Waals surface area contributed by atoms with Crippen molar-refractivity contribution < 1.29 is 14.3 Å². The number of carbonyl (C=O) groups is 1. The maximum atomic E-state index is 12.3. The number of anilines is 2. The van der Waals surface area contributed by atoms with Crippen molar-refractivity contribution in [3.8, 4) is 11.5 Å². The maximum absolute atomic E-state index is 12.3. The molecule has 26 heavy (non-hydrogen) atoms. The van der Waals surface area contributed by atoms with Gasteiger partial charge in [0.15, 0.2) is 0 Å². The lowest BCUT2D eigenvalue weighted by Gasteiger charge is -2.13. The van der Waals surface area contributed by atoms with Crippen molar-refractivity contribution in [1.29, 1.82) is 0 Å². The Morgan fingerprint density at radius 1 is 1.04 bits per heavy atom. The maximum Gasteiger partial charge on any atom is 0.226 e. The molecule has 0 aliphatic heterocycles. The van der Waals surface area contributed by atoms with Gasteiger partial charge in [0.1, 0.15) is 11.5 Å². The number of nitrogens with one attached hydrogen (secondary N) is 2. The SMILES string of the molecule is COc1ccc(OC)c(NCCC(=O)Nc2cccc3cccnc23)c1. The minimum atomic E-state index is -0.0856. The summed E-state index contributed by atoms with van der Waals surface area (Å²) in [7, 11) is 3.21. The van der Waals surface area contributed by atoms with Gasteiger partial charge in [0, 0.05) is 30.6 Å². The van der Waals surface area contributed by atoms with Crippen molar-refractivity contribution in [2.75, 3.05) is 31.4 Å². The number of rotatable bonds is 7. The third-order valence-electron chi connectivity index (χ3n) is 3.98. The summed E-state index contributed by atoms with van der Waals surface area (Å²) in [5.41, 5.74) is 2.28. The molecule has 1 aromatic heterocycles. The predicted molar refractivity (Wildman–Crippen MR) is 103 cm³/mol. The number of amides is 1. The number of benzene rings is 2. The van der Waals surface area contributed by atoms with E-state index in [2.05, 4.69) is 15.6 Å².